The third-order valence-electron chi connectivity index (χ3n) is 2.24. The summed E-state index contributed by atoms with van der Waals surface area (Å²) in [5.74, 6) is -1.99. The van der Waals surface area contributed by atoms with Gasteiger partial charge in [0.25, 0.3) is 0 Å². The number of alkyl halides is 3. The van der Waals surface area contributed by atoms with Gasteiger partial charge in [0.2, 0.25) is 5.82 Å². The van der Waals surface area contributed by atoms with E-state index in [0.29, 0.717) is 0 Å². The van der Waals surface area contributed by atoms with Crippen LogP contribution in [0.5, 0.6) is 0 Å². The highest BCUT2D eigenvalue weighted by molar-refractivity contribution is 5.78. The van der Waals surface area contributed by atoms with Crippen molar-refractivity contribution in [2.24, 2.45) is 0 Å². The van der Waals surface area contributed by atoms with Crippen LogP contribution in [0.2, 0.25) is 0 Å². The summed E-state index contributed by atoms with van der Waals surface area (Å²) < 4.78 is 42.6. The summed E-state index contributed by atoms with van der Waals surface area (Å²) in [4.78, 5) is 18.1. The van der Waals surface area contributed by atoms with Crippen LogP contribution in [0.15, 0.2) is 6.07 Å². The molecule has 0 spiro atoms. The van der Waals surface area contributed by atoms with Crippen molar-refractivity contribution >= 4 is 17.6 Å². The molecule has 0 saturated carbocycles. The number of hydrogen-bond acceptors (Lipinski definition) is 6. The molecule has 1 aromatic heterocycles. The van der Waals surface area contributed by atoms with E-state index in [1.165, 1.54) is 20.0 Å². The Morgan fingerprint density at radius 3 is 2.50 bits per heavy atom. The highest BCUT2D eigenvalue weighted by Gasteiger charge is 2.35. The van der Waals surface area contributed by atoms with Crippen molar-refractivity contribution in [1.29, 1.82) is 0 Å². The van der Waals surface area contributed by atoms with Crippen LogP contribution in [-0.4, -0.2) is 35.6 Å². The van der Waals surface area contributed by atoms with Crippen LogP contribution in [0.25, 0.3) is 0 Å². The Balaban J connectivity index is 2.97. The molecule has 0 fully saturated rings. The van der Waals surface area contributed by atoms with Gasteiger partial charge in [0.1, 0.15) is 17.7 Å². The molecular weight excluding hydrogens is 277 g/mol. The van der Waals surface area contributed by atoms with E-state index in [-0.39, 0.29) is 18.2 Å². The molecule has 0 aliphatic rings. The Morgan fingerprint density at radius 1 is 1.40 bits per heavy atom. The second-order valence-electron chi connectivity index (χ2n) is 3.83. The van der Waals surface area contributed by atoms with E-state index >= 15 is 0 Å². The van der Waals surface area contributed by atoms with Crippen LogP contribution in [0.4, 0.5) is 24.8 Å². The zero-order valence-electron chi connectivity index (χ0n) is 11.2. The number of carbonyl (C=O) groups is 1. The standard InChI is InChI=1S/C11H15F3N4O2/c1-4-20-9(19)6(2)16-8-5-7(15-3)17-10(18-8)11(12,13)14/h5-6H,4H2,1-3H3,(H2,15,16,17,18). The van der Waals surface area contributed by atoms with Crippen LogP contribution < -0.4 is 10.6 Å². The number of aromatic nitrogens is 2. The van der Waals surface area contributed by atoms with Crippen molar-refractivity contribution in [3.63, 3.8) is 0 Å². The van der Waals surface area contributed by atoms with Crippen molar-refractivity contribution in [3.05, 3.63) is 11.9 Å². The van der Waals surface area contributed by atoms with Crippen LogP contribution in [0, 0.1) is 0 Å². The minimum atomic E-state index is -4.67. The first-order valence-corrected chi connectivity index (χ1v) is 5.85. The monoisotopic (exact) mass is 292 g/mol. The minimum absolute atomic E-state index is 0.00844. The highest BCUT2D eigenvalue weighted by atomic mass is 19.4. The van der Waals surface area contributed by atoms with E-state index in [2.05, 4.69) is 20.6 Å². The number of ether oxygens (including phenoxy) is 1. The number of carbonyl (C=O) groups excluding carboxylic acids is 1. The Kier molecular flexibility index (Phi) is 5.12. The molecule has 6 nitrogen and oxygen atoms in total. The molecule has 0 aliphatic heterocycles. The number of halogens is 3. The van der Waals surface area contributed by atoms with Crippen LogP contribution >= 0.6 is 0 Å². The Labute approximate surface area is 113 Å². The second-order valence-corrected chi connectivity index (χ2v) is 3.83. The van der Waals surface area contributed by atoms with Gasteiger partial charge in [0.05, 0.1) is 6.61 Å². The number of nitrogens with zero attached hydrogens (tertiary/aromatic N) is 2. The van der Waals surface area contributed by atoms with Gasteiger partial charge < -0.3 is 15.4 Å². The van der Waals surface area contributed by atoms with E-state index in [1.807, 2.05) is 0 Å². The molecule has 1 aromatic rings. The van der Waals surface area contributed by atoms with Gasteiger partial charge in [0.15, 0.2) is 0 Å². The SMILES string of the molecule is CCOC(=O)C(C)Nc1cc(NC)nc(C(F)(F)F)n1. The summed E-state index contributed by atoms with van der Waals surface area (Å²) in [5, 5.41) is 5.05. The summed E-state index contributed by atoms with van der Waals surface area (Å²) in [6, 6.07) is 0.445. The van der Waals surface area contributed by atoms with E-state index in [0.717, 1.165) is 0 Å². The molecule has 112 valence electrons. The summed E-state index contributed by atoms with van der Waals surface area (Å²) in [5.41, 5.74) is 0. The first-order chi connectivity index (χ1) is 9.27. The molecule has 1 heterocycles. The van der Waals surface area contributed by atoms with Crippen molar-refractivity contribution in [3.8, 4) is 0 Å². The molecule has 2 N–H and O–H groups in total. The lowest BCUT2D eigenvalue weighted by Crippen LogP contribution is -2.29. The zero-order chi connectivity index (χ0) is 15.3. The number of hydrogen-bond donors (Lipinski definition) is 2. The molecule has 1 atom stereocenters. The quantitative estimate of drug-likeness (QED) is 0.807. The van der Waals surface area contributed by atoms with Crippen LogP contribution in [0.1, 0.15) is 19.7 Å². The van der Waals surface area contributed by atoms with Crippen molar-refractivity contribution in [2.75, 3.05) is 24.3 Å². The van der Waals surface area contributed by atoms with E-state index in [9.17, 15) is 18.0 Å². The first-order valence-electron chi connectivity index (χ1n) is 5.85. The number of rotatable bonds is 5. The summed E-state index contributed by atoms with van der Waals surface area (Å²) in [7, 11) is 1.43. The smallest absolute Gasteiger partial charge is 0.451 e. The van der Waals surface area contributed by atoms with E-state index in [4.69, 9.17) is 4.74 Å². The Hall–Kier alpha value is -2.06. The topological polar surface area (TPSA) is 76.1 Å². The minimum Gasteiger partial charge on any atom is -0.464 e. The van der Waals surface area contributed by atoms with Crippen molar-refractivity contribution < 1.29 is 22.7 Å². The Morgan fingerprint density at radius 2 is 2.00 bits per heavy atom. The highest BCUT2D eigenvalue weighted by Crippen LogP contribution is 2.28. The van der Waals surface area contributed by atoms with Gasteiger partial charge >= 0.3 is 12.1 Å². The molecule has 0 bridgehead atoms. The van der Waals surface area contributed by atoms with Gasteiger partial charge in [-0.1, -0.05) is 0 Å². The van der Waals surface area contributed by atoms with Gasteiger partial charge in [0, 0.05) is 13.1 Å². The molecular formula is C11H15F3N4O2. The molecule has 0 radical (unpaired) electrons. The van der Waals surface area contributed by atoms with Gasteiger partial charge in [-0.2, -0.15) is 13.2 Å². The Bertz CT molecular complexity index is 479. The predicted molar refractivity (Wildman–Crippen MR) is 66.3 cm³/mol. The third-order valence-corrected chi connectivity index (χ3v) is 2.24. The number of esters is 1. The average molecular weight is 292 g/mol. The number of nitrogens with one attached hydrogen (secondary N) is 2. The number of anilines is 2. The van der Waals surface area contributed by atoms with Crippen LogP contribution in [-0.2, 0) is 15.7 Å². The van der Waals surface area contributed by atoms with Gasteiger partial charge in [-0.05, 0) is 13.8 Å². The van der Waals surface area contributed by atoms with Crippen molar-refractivity contribution in [2.45, 2.75) is 26.1 Å². The summed E-state index contributed by atoms with van der Waals surface area (Å²) in [6.07, 6.45) is -4.67. The van der Waals surface area contributed by atoms with Gasteiger partial charge in [-0.3, -0.25) is 0 Å². The lowest BCUT2D eigenvalue weighted by atomic mass is 10.3. The molecule has 0 amide bonds. The fourth-order valence-corrected chi connectivity index (χ4v) is 1.32. The fourth-order valence-electron chi connectivity index (χ4n) is 1.32. The molecule has 1 rings (SSSR count). The fraction of sp³-hybridized carbons (Fsp3) is 0.545. The largest absolute Gasteiger partial charge is 0.464 e. The summed E-state index contributed by atoms with van der Waals surface area (Å²) >= 11 is 0. The first kappa shape index (κ1) is 16.0. The van der Waals surface area contributed by atoms with E-state index in [1.54, 1.807) is 6.92 Å². The molecule has 0 aromatic carbocycles. The molecule has 0 aliphatic carbocycles. The summed E-state index contributed by atoms with van der Waals surface area (Å²) in [6.45, 7) is 3.28. The van der Waals surface area contributed by atoms with Gasteiger partial charge in [-0.25, -0.2) is 14.8 Å². The third kappa shape index (κ3) is 4.25. The molecule has 1 unspecified atom stereocenters. The molecule has 0 saturated heterocycles. The molecule has 20 heavy (non-hydrogen) atoms. The maximum Gasteiger partial charge on any atom is 0.451 e. The lowest BCUT2D eigenvalue weighted by molar-refractivity contribution is -0.144. The van der Waals surface area contributed by atoms with E-state index < -0.39 is 24.0 Å². The second kappa shape index (κ2) is 6.40. The molecule has 9 heteroatoms. The predicted octanol–water partition coefficient (Wildman–Crippen LogP) is 1.90. The van der Waals surface area contributed by atoms with Crippen LogP contribution in [0.3, 0.4) is 0 Å². The maximum absolute atomic E-state index is 12.6. The average Bonchev–Trinajstić information content (AvgIpc) is 2.37. The van der Waals surface area contributed by atoms with Crippen molar-refractivity contribution in [1.82, 2.24) is 9.97 Å². The normalized spacial score (nSPS) is 12.7. The van der Waals surface area contributed by atoms with Gasteiger partial charge in [-0.15, -0.1) is 0 Å². The maximum atomic E-state index is 12.6. The zero-order valence-corrected chi connectivity index (χ0v) is 11.2. The lowest BCUT2D eigenvalue weighted by Gasteiger charge is -2.15.